The first-order valence-electron chi connectivity index (χ1n) is 10.4. The van der Waals surface area contributed by atoms with Crippen LogP contribution in [0.25, 0.3) is 16.6 Å². The zero-order valence-corrected chi connectivity index (χ0v) is 19.0. The van der Waals surface area contributed by atoms with Gasteiger partial charge in [0, 0.05) is 31.0 Å². The van der Waals surface area contributed by atoms with Crippen LogP contribution >= 0.6 is 0 Å². The second kappa shape index (κ2) is 9.65. The summed E-state index contributed by atoms with van der Waals surface area (Å²) in [5.74, 6) is 0.464. The van der Waals surface area contributed by atoms with Crippen LogP contribution < -0.4 is 5.73 Å². The number of amides is 1. The van der Waals surface area contributed by atoms with Gasteiger partial charge < -0.3 is 15.2 Å². The number of nitrogens with zero attached hydrogens (tertiary/aromatic N) is 6. The maximum absolute atomic E-state index is 13.9. The molecule has 1 amide bonds. The van der Waals surface area contributed by atoms with Crippen molar-refractivity contribution in [3.05, 3.63) is 46.9 Å². The molecule has 0 aliphatic rings. The molecule has 0 unspecified atom stereocenters. The van der Waals surface area contributed by atoms with Crippen molar-refractivity contribution in [2.45, 2.75) is 46.1 Å². The van der Waals surface area contributed by atoms with Gasteiger partial charge in [-0.3, -0.25) is 4.79 Å². The zero-order valence-electron chi connectivity index (χ0n) is 19.0. The van der Waals surface area contributed by atoms with Crippen molar-refractivity contribution in [1.82, 2.24) is 29.6 Å². The molecular formula is C23H26FN7O2. The van der Waals surface area contributed by atoms with Crippen molar-refractivity contribution in [3.8, 4) is 12.8 Å². The van der Waals surface area contributed by atoms with E-state index >= 15 is 0 Å². The second-order valence-electron chi connectivity index (χ2n) is 7.84. The van der Waals surface area contributed by atoms with E-state index < -0.39 is 0 Å². The molecule has 0 aliphatic carbocycles. The Morgan fingerprint density at radius 2 is 2.00 bits per heavy atom. The molecule has 0 radical (unpaired) electrons. The van der Waals surface area contributed by atoms with E-state index in [1.54, 1.807) is 31.9 Å². The number of terminal acetylenes is 1. The molecule has 0 fully saturated rings. The third-order valence-electron chi connectivity index (χ3n) is 5.44. The highest BCUT2D eigenvalue weighted by molar-refractivity contribution is 5.94. The smallest absolute Gasteiger partial charge is 0.292 e. The molecule has 0 spiro atoms. The SMILES string of the molecule is C#C.Cc1cc(C(=O)N(C)[C@@H](C)CCCc2nc3c4cc(F)cc(C)c4nc(N)n3n2)on1. The summed E-state index contributed by atoms with van der Waals surface area (Å²) in [6.07, 6.45) is 10.1. The number of fused-ring (bicyclic) bond motifs is 3. The number of nitrogens with two attached hydrogens (primary N) is 1. The highest BCUT2D eigenvalue weighted by Crippen LogP contribution is 2.24. The number of aromatic nitrogens is 5. The molecule has 172 valence electrons. The van der Waals surface area contributed by atoms with Crippen LogP contribution in [0, 0.1) is 32.5 Å². The van der Waals surface area contributed by atoms with E-state index in [1.807, 2.05) is 6.92 Å². The molecule has 9 nitrogen and oxygen atoms in total. The van der Waals surface area contributed by atoms with Crippen LogP contribution in [0.3, 0.4) is 0 Å². The van der Waals surface area contributed by atoms with E-state index in [-0.39, 0.29) is 29.5 Å². The molecule has 3 aromatic heterocycles. The fourth-order valence-electron chi connectivity index (χ4n) is 3.60. The van der Waals surface area contributed by atoms with E-state index in [2.05, 4.69) is 33.1 Å². The normalized spacial score (nSPS) is 11.8. The summed E-state index contributed by atoms with van der Waals surface area (Å²) >= 11 is 0. The van der Waals surface area contributed by atoms with Gasteiger partial charge in [-0.1, -0.05) is 5.16 Å². The summed E-state index contributed by atoms with van der Waals surface area (Å²) < 4.78 is 20.4. The van der Waals surface area contributed by atoms with E-state index in [4.69, 9.17) is 10.3 Å². The minimum atomic E-state index is -0.355. The van der Waals surface area contributed by atoms with E-state index in [9.17, 15) is 9.18 Å². The molecular weight excluding hydrogens is 425 g/mol. The largest absolute Gasteiger partial charge is 0.368 e. The number of nitrogen functional groups attached to an aromatic ring is 1. The monoisotopic (exact) mass is 451 g/mol. The Hall–Kier alpha value is -4.00. The number of rotatable bonds is 6. The summed E-state index contributed by atoms with van der Waals surface area (Å²) in [5, 5.41) is 8.78. The van der Waals surface area contributed by atoms with Gasteiger partial charge in [-0.25, -0.2) is 14.4 Å². The predicted octanol–water partition coefficient (Wildman–Crippen LogP) is 3.34. The zero-order chi connectivity index (χ0) is 24.3. The predicted molar refractivity (Wildman–Crippen MR) is 123 cm³/mol. The van der Waals surface area contributed by atoms with Crippen LogP contribution in [0.4, 0.5) is 10.3 Å². The van der Waals surface area contributed by atoms with Gasteiger partial charge in [0.25, 0.3) is 5.91 Å². The molecule has 0 bridgehead atoms. The van der Waals surface area contributed by atoms with Crippen molar-refractivity contribution < 1.29 is 13.7 Å². The maximum Gasteiger partial charge on any atom is 0.292 e. The number of carbonyl (C=O) groups excluding carboxylic acids is 1. The second-order valence-corrected chi connectivity index (χ2v) is 7.84. The molecule has 1 aromatic carbocycles. The van der Waals surface area contributed by atoms with Crippen LogP contribution in [0.5, 0.6) is 0 Å². The molecule has 33 heavy (non-hydrogen) atoms. The minimum absolute atomic E-state index is 0.0146. The van der Waals surface area contributed by atoms with Gasteiger partial charge in [-0.15, -0.1) is 17.9 Å². The first-order valence-corrected chi connectivity index (χ1v) is 10.4. The lowest BCUT2D eigenvalue weighted by molar-refractivity contribution is 0.0693. The summed E-state index contributed by atoms with van der Waals surface area (Å²) in [7, 11) is 1.74. The highest BCUT2D eigenvalue weighted by Gasteiger charge is 2.21. The molecule has 3 heterocycles. The Kier molecular flexibility index (Phi) is 6.92. The van der Waals surface area contributed by atoms with Gasteiger partial charge in [-0.05, 0) is 51.3 Å². The molecule has 2 N–H and O–H groups in total. The number of aryl methyl sites for hydroxylation is 3. The van der Waals surface area contributed by atoms with E-state index in [0.717, 1.165) is 12.8 Å². The standard InChI is InChI=1S/C21H24FN7O2.C2H2/c1-11-8-14(22)10-15-18(11)25-21(23)29-19(15)24-17(26-29)7-5-6-13(3)28(4)20(30)16-9-12(2)27-31-16;1-2/h8-10,13H,5-7H2,1-4H3,(H2,23,25);1-2H/t13-;/m0./s1. The van der Waals surface area contributed by atoms with Gasteiger partial charge in [0.15, 0.2) is 11.5 Å². The first-order chi connectivity index (χ1) is 15.7. The number of anilines is 1. The molecule has 1 atom stereocenters. The summed E-state index contributed by atoms with van der Waals surface area (Å²) in [6.45, 7) is 5.52. The van der Waals surface area contributed by atoms with Crippen molar-refractivity contribution in [1.29, 1.82) is 0 Å². The Morgan fingerprint density at radius 3 is 2.67 bits per heavy atom. The Morgan fingerprint density at radius 1 is 1.27 bits per heavy atom. The molecule has 4 aromatic rings. The fraction of sp³-hybridized carbons (Fsp3) is 0.348. The van der Waals surface area contributed by atoms with E-state index in [0.29, 0.717) is 40.1 Å². The van der Waals surface area contributed by atoms with Gasteiger partial charge in [0.05, 0.1) is 11.2 Å². The van der Waals surface area contributed by atoms with Crippen molar-refractivity contribution in [2.75, 3.05) is 12.8 Å². The lowest BCUT2D eigenvalue weighted by Crippen LogP contribution is -2.34. The molecule has 4 rings (SSSR count). The van der Waals surface area contributed by atoms with Crippen LogP contribution in [0.2, 0.25) is 0 Å². The van der Waals surface area contributed by atoms with Gasteiger partial charge >= 0.3 is 0 Å². The number of carbonyl (C=O) groups is 1. The molecule has 0 saturated heterocycles. The average Bonchev–Trinajstić information content (AvgIpc) is 3.42. The van der Waals surface area contributed by atoms with Crippen molar-refractivity contribution in [3.63, 3.8) is 0 Å². The topological polar surface area (TPSA) is 115 Å². The van der Waals surface area contributed by atoms with Crippen LogP contribution in [-0.2, 0) is 6.42 Å². The Bertz CT molecular complexity index is 1320. The van der Waals surface area contributed by atoms with Gasteiger partial charge in [-0.2, -0.15) is 4.52 Å². The number of hydrogen-bond donors (Lipinski definition) is 1. The highest BCUT2D eigenvalue weighted by atomic mass is 19.1. The first kappa shape index (κ1) is 23.7. The van der Waals surface area contributed by atoms with Crippen molar-refractivity contribution in [2.24, 2.45) is 0 Å². The van der Waals surface area contributed by atoms with Gasteiger partial charge in [0.1, 0.15) is 5.82 Å². The van der Waals surface area contributed by atoms with Crippen LogP contribution in [-0.4, -0.2) is 48.6 Å². The van der Waals surface area contributed by atoms with Crippen LogP contribution in [0.15, 0.2) is 22.7 Å². The molecule has 0 saturated carbocycles. The minimum Gasteiger partial charge on any atom is -0.368 e. The molecule has 10 heteroatoms. The Balaban J connectivity index is 0.00000149. The summed E-state index contributed by atoms with van der Waals surface area (Å²) in [5.41, 5.74) is 8.50. The average molecular weight is 452 g/mol. The van der Waals surface area contributed by atoms with Crippen molar-refractivity contribution >= 4 is 28.4 Å². The Labute approximate surface area is 190 Å². The lowest BCUT2D eigenvalue weighted by atomic mass is 10.1. The maximum atomic E-state index is 13.9. The molecule has 0 aliphatic heterocycles. The quantitative estimate of drug-likeness (QED) is 0.447. The summed E-state index contributed by atoms with van der Waals surface area (Å²) in [6, 6.07) is 4.43. The van der Waals surface area contributed by atoms with E-state index in [1.165, 1.54) is 16.6 Å². The lowest BCUT2D eigenvalue weighted by Gasteiger charge is -2.23. The fourth-order valence-corrected chi connectivity index (χ4v) is 3.60. The summed E-state index contributed by atoms with van der Waals surface area (Å²) in [4.78, 5) is 23.0. The third kappa shape index (κ3) is 4.77. The van der Waals surface area contributed by atoms with Crippen LogP contribution in [0.1, 0.15) is 47.4 Å². The number of hydrogen-bond acceptors (Lipinski definition) is 7. The number of benzene rings is 1. The third-order valence-corrected chi connectivity index (χ3v) is 5.44. The number of halogens is 1. The van der Waals surface area contributed by atoms with Gasteiger partial charge in [0.2, 0.25) is 11.7 Å².